The van der Waals surface area contributed by atoms with Crippen molar-refractivity contribution < 1.29 is 17.8 Å². The Labute approximate surface area is 232 Å². The zero-order valence-electron chi connectivity index (χ0n) is 21.3. The van der Waals surface area contributed by atoms with Crippen LogP contribution < -0.4 is 15.4 Å². The van der Waals surface area contributed by atoms with Crippen LogP contribution in [-0.4, -0.2) is 33.2 Å². The molecule has 2 heterocycles. The Morgan fingerprint density at radius 1 is 1.08 bits per heavy atom. The van der Waals surface area contributed by atoms with E-state index in [1.54, 1.807) is 30.5 Å². The smallest absolute Gasteiger partial charge is 0.141 e. The largest absolute Gasteiger partial charge is 0.487 e. The van der Waals surface area contributed by atoms with Gasteiger partial charge in [0.15, 0.2) is 0 Å². The van der Waals surface area contributed by atoms with Crippen molar-refractivity contribution >= 4 is 44.8 Å². The Balaban J connectivity index is 1.36. The van der Waals surface area contributed by atoms with Crippen molar-refractivity contribution in [2.45, 2.75) is 12.6 Å². The number of hydrogen-bond acceptors (Lipinski definition) is 7. The van der Waals surface area contributed by atoms with Crippen LogP contribution in [-0.2, 0) is 17.4 Å². The molecule has 0 aliphatic rings. The topological polar surface area (TPSA) is 89.3 Å². The van der Waals surface area contributed by atoms with E-state index in [9.17, 15) is 8.60 Å². The van der Waals surface area contributed by atoms with Crippen molar-refractivity contribution in [2.75, 3.05) is 24.4 Å². The minimum absolute atomic E-state index is 0.142. The molecule has 0 saturated heterocycles. The third-order valence-electron chi connectivity index (χ3n) is 6.12. The summed E-state index contributed by atoms with van der Waals surface area (Å²) >= 11 is 6.48. The number of furan rings is 1. The minimum atomic E-state index is -0.965. The number of nitrogens with zero attached hydrogens (tertiary/aromatic N) is 2. The molecule has 0 aliphatic heterocycles. The van der Waals surface area contributed by atoms with E-state index in [1.165, 1.54) is 18.5 Å². The molecule has 0 saturated carbocycles. The summed E-state index contributed by atoms with van der Waals surface area (Å²) in [4.78, 5) is 8.84. The third-order valence-corrected chi connectivity index (χ3v) is 7.22. The number of aromatic nitrogens is 2. The second kappa shape index (κ2) is 11.9. The number of halogens is 2. The van der Waals surface area contributed by atoms with Gasteiger partial charge in [-0.25, -0.2) is 14.4 Å². The van der Waals surface area contributed by atoms with Crippen LogP contribution in [0.15, 0.2) is 83.5 Å². The van der Waals surface area contributed by atoms with Gasteiger partial charge >= 0.3 is 0 Å². The minimum Gasteiger partial charge on any atom is -0.487 e. The van der Waals surface area contributed by atoms with Crippen molar-refractivity contribution in [3.8, 4) is 17.1 Å². The molecule has 5 aromatic rings. The SMILES string of the molecule is CNC(C[S@@](C)=O)c1ccc(-c2ccc3ncnc(Nc4ccc(OCc5cccc(F)c5)c(Cl)c4)c3c2)o1. The molecule has 0 amide bonds. The lowest BCUT2D eigenvalue weighted by Gasteiger charge is -2.13. The number of hydrogen-bond donors (Lipinski definition) is 2. The molecule has 2 atom stereocenters. The summed E-state index contributed by atoms with van der Waals surface area (Å²) < 4.78 is 37.0. The third kappa shape index (κ3) is 6.44. The molecule has 0 radical (unpaired) electrons. The highest BCUT2D eigenvalue weighted by atomic mass is 35.5. The summed E-state index contributed by atoms with van der Waals surface area (Å²) in [6, 6.07) is 21.0. The monoisotopic (exact) mass is 564 g/mol. The number of nitrogens with one attached hydrogen (secondary N) is 2. The quantitative estimate of drug-likeness (QED) is 0.196. The average molecular weight is 565 g/mol. The predicted octanol–water partition coefficient (Wildman–Crippen LogP) is 6.64. The number of fused-ring (bicyclic) bond motifs is 1. The molecule has 0 bridgehead atoms. The van der Waals surface area contributed by atoms with Crippen molar-refractivity contribution in [3.63, 3.8) is 0 Å². The molecular weight excluding hydrogens is 539 g/mol. The standard InChI is InChI=1S/C29H26ClFN4O3S/c1-32-25(16-39(2)36)28-11-10-26(38-28)19-6-8-24-22(13-19)29(34-17-33-24)35-21-7-9-27(23(30)14-21)37-15-18-4-3-5-20(31)12-18/h3-14,17,25,32H,15-16H2,1-2H3,(H,33,34,35)/t25?,39-/m1/s1. The molecule has 5 rings (SSSR count). The van der Waals surface area contributed by atoms with Gasteiger partial charge in [0, 0.05) is 39.4 Å². The van der Waals surface area contributed by atoms with E-state index in [2.05, 4.69) is 20.6 Å². The summed E-state index contributed by atoms with van der Waals surface area (Å²) in [5, 5.41) is 7.68. The highest BCUT2D eigenvalue weighted by molar-refractivity contribution is 7.84. The van der Waals surface area contributed by atoms with Gasteiger partial charge in [-0.1, -0.05) is 23.7 Å². The molecule has 10 heteroatoms. The normalized spacial score (nSPS) is 12.8. The van der Waals surface area contributed by atoms with Crippen LogP contribution >= 0.6 is 11.6 Å². The van der Waals surface area contributed by atoms with Gasteiger partial charge in [-0.05, 0) is 73.3 Å². The maximum Gasteiger partial charge on any atom is 0.141 e. The Hall–Kier alpha value is -3.79. The van der Waals surface area contributed by atoms with E-state index in [0.29, 0.717) is 39.4 Å². The first-order chi connectivity index (χ1) is 18.9. The number of benzene rings is 3. The van der Waals surface area contributed by atoms with Gasteiger partial charge in [0.2, 0.25) is 0 Å². The van der Waals surface area contributed by atoms with Gasteiger partial charge in [-0.3, -0.25) is 4.21 Å². The predicted molar refractivity (Wildman–Crippen MR) is 153 cm³/mol. The fourth-order valence-electron chi connectivity index (χ4n) is 4.17. The molecule has 200 valence electrons. The molecule has 0 spiro atoms. The van der Waals surface area contributed by atoms with Crippen LogP contribution in [0.5, 0.6) is 5.75 Å². The van der Waals surface area contributed by atoms with Crippen molar-refractivity contribution in [3.05, 3.63) is 101 Å². The van der Waals surface area contributed by atoms with E-state index in [4.69, 9.17) is 20.8 Å². The highest BCUT2D eigenvalue weighted by Gasteiger charge is 2.17. The van der Waals surface area contributed by atoms with E-state index >= 15 is 0 Å². The fraction of sp³-hybridized carbons (Fsp3) is 0.172. The maximum atomic E-state index is 13.4. The van der Waals surface area contributed by atoms with Crippen LogP contribution in [0.2, 0.25) is 5.02 Å². The highest BCUT2D eigenvalue weighted by Crippen LogP contribution is 2.33. The lowest BCUT2D eigenvalue weighted by molar-refractivity contribution is 0.306. The molecule has 2 aromatic heterocycles. The first-order valence-corrected chi connectivity index (χ1v) is 14.3. The van der Waals surface area contributed by atoms with Gasteiger partial charge in [0.05, 0.1) is 16.6 Å². The van der Waals surface area contributed by atoms with Crippen molar-refractivity contribution in [1.82, 2.24) is 15.3 Å². The van der Waals surface area contributed by atoms with E-state index in [-0.39, 0.29) is 18.5 Å². The average Bonchev–Trinajstić information content (AvgIpc) is 3.41. The van der Waals surface area contributed by atoms with Crippen molar-refractivity contribution in [2.24, 2.45) is 0 Å². The molecule has 0 fully saturated rings. The van der Waals surface area contributed by atoms with Crippen LogP contribution in [0.25, 0.3) is 22.2 Å². The zero-order chi connectivity index (χ0) is 27.4. The molecular formula is C29H26ClFN4O3S. The lowest BCUT2D eigenvalue weighted by Crippen LogP contribution is -2.21. The Bertz CT molecular complexity index is 1640. The van der Waals surface area contributed by atoms with Crippen molar-refractivity contribution in [1.29, 1.82) is 0 Å². The van der Waals surface area contributed by atoms with Crippen LogP contribution in [0.4, 0.5) is 15.9 Å². The van der Waals surface area contributed by atoms with Crippen LogP contribution in [0, 0.1) is 5.82 Å². The zero-order valence-corrected chi connectivity index (χ0v) is 22.9. The number of anilines is 2. The molecule has 39 heavy (non-hydrogen) atoms. The van der Waals surface area contributed by atoms with Crippen LogP contribution in [0.1, 0.15) is 17.4 Å². The van der Waals surface area contributed by atoms with Gasteiger partial charge in [-0.15, -0.1) is 0 Å². The molecule has 1 unspecified atom stereocenters. The Morgan fingerprint density at radius 2 is 1.95 bits per heavy atom. The first-order valence-electron chi connectivity index (χ1n) is 12.2. The first kappa shape index (κ1) is 26.8. The van der Waals surface area contributed by atoms with E-state index < -0.39 is 10.8 Å². The second-order valence-electron chi connectivity index (χ2n) is 8.93. The maximum absolute atomic E-state index is 13.4. The Kier molecular flexibility index (Phi) is 8.21. The van der Waals surface area contributed by atoms with Gasteiger partial charge in [0.1, 0.15) is 41.8 Å². The molecule has 0 aliphatic carbocycles. The number of ether oxygens (including phenoxy) is 1. The summed E-state index contributed by atoms with van der Waals surface area (Å²) in [6.45, 7) is 0.198. The number of rotatable bonds is 10. The van der Waals surface area contributed by atoms with Gasteiger partial charge in [-0.2, -0.15) is 0 Å². The van der Waals surface area contributed by atoms with Gasteiger partial charge in [0.25, 0.3) is 0 Å². The summed E-state index contributed by atoms with van der Waals surface area (Å²) in [6.07, 6.45) is 3.17. The second-order valence-corrected chi connectivity index (χ2v) is 10.8. The fourth-order valence-corrected chi connectivity index (χ4v) is 5.20. The summed E-state index contributed by atoms with van der Waals surface area (Å²) in [5.74, 6) is 2.65. The Morgan fingerprint density at radius 3 is 2.72 bits per heavy atom. The lowest BCUT2D eigenvalue weighted by atomic mass is 10.1. The summed E-state index contributed by atoms with van der Waals surface area (Å²) in [7, 11) is 0.855. The summed E-state index contributed by atoms with van der Waals surface area (Å²) in [5.41, 5.74) is 3.05. The van der Waals surface area contributed by atoms with E-state index in [1.807, 2.05) is 43.4 Å². The molecule has 7 nitrogen and oxygen atoms in total. The molecule has 2 N–H and O–H groups in total. The van der Waals surface area contributed by atoms with Crippen LogP contribution in [0.3, 0.4) is 0 Å². The van der Waals surface area contributed by atoms with E-state index in [0.717, 1.165) is 22.2 Å². The molecule has 3 aromatic carbocycles. The van der Waals surface area contributed by atoms with Gasteiger partial charge < -0.3 is 19.8 Å².